The van der Waals surface area contributed by atoms with E-state index in [4.69, 9.17) is 23.2 Å². The summed E-state index contributed by atoms with van der Waals surface area (Å²) >= 11 is 15.8. The molecule has 6 nitrogen and oxygen atoms in total. The van der Waals surface area contributed by atoms with Crippen molar-refractivity contribution in [3.05, 3.63) is 69.2 Å². The van der Waals surface area contributed by atoms with Crippen molar-refractivity contribution in [2.24, 2.45) is 0 Å². The van der Waals surface area contributed by atoms with E-state index >= 15 is 0 Å². The highest BCUT2D eigenvalue weighted by molar-refractivity contribution is 9.08. The summed E-state index contributed by atoms with van der Waals surface area (Å²) in [5.74, 6) is -0.943. The molecule has 9 heteroatoms. The van der Waals surface area contributed by atoms with Gasteiger partial charge in [0.25, 0.3) is 5.91 Å². The maximum absolute atomic E-state index is 12.4. The van der Waals surface area contributed by atoms with Crippen LogP contribution in [-0.2, 0) is 14.9 Å². The highest BCUT2D eigenvalue weighted by atomic mass is 79.9. The van der Waals surface area contributed by atoms with Crippen molar-refractivity contribution in [2.75, 3.05) is 25.5 Å². The molecule has 0 aromatic heterocycles. The molecule has 0 aliphatic rings. The summed E-state index contributed by atoms with van der Waals surface area (Å²) in [7, 11) is 3.13. The second kappa shape index (κ2) is 11.2. The highest BCUT2D eigenvalue weighted by Gasteiger charge is 2.17. The van der Waals surface area contributed by atoms with Crippen molar-refractivity contribution in [1.29, 1.82) is 0 Å². The zero-order valence-electron chi connectivity index (χ0n) is 16.3. The van der Waals surface area contributed by atoms with Crippen LogP contribution in [0.15, 0.2) is 42.5 Å². The highest BCUT2D eigenvalue weighted by Crippen LogP contribution is 2.34. The minimum Gasteiger partial charge on any atom is -0.355 e. The van der Waals surface area contributed by atoms with Crippen molar-refractivity contribution >= 4 is 68.6 Å². The van der Waals surface area contributed by atoms with Gasteiger partial charge < -0.3 is 15.5 Å². The molecule has 2 N–H and O–H groups in total. The number of nitrogens with one attached hydrogen (secondary N) is 2. The largest absolute Gasteiger partial charge is 0.355 e. The minimum atomic E-state index is -0.421. The summed E-state index contributed by atoms with van der Waals surface area (Å²) in [5.41, 5.74) is 2.46. The Hall–Kier alpha value is -2.35. The van der Waals surface area contributed by atoms with Crippen molar-refractivity contribution in [1.82, 2.24) is 10.6 Å². The third-order valence-electron chi connectivity index (χ3n) is 4.28. The summed E-state index contributed by atoms with van der Waals surface area (Å²) in [6, 6.07) is 10.1. The fraction of sp³-hybridized carbons (Fsp3) is 0.190. The van der Waals surface area contributed by atoms with Gasteiger partial charge in [-0.1, -0.05) is 51.3 Å². The molecule has 0 unspecified atom stereocenters. The third kappa shape index (κ3) is 6.08. The third-order valence-corrected chi connectivity index (χ3v) is 5.61. The number of hydrogen-bond acceptors (Lipinski definition) is 3. The average Bonchev–Trinajstić information content (AvgIpc) is 2.75. The number of amides is 3. The summed E-state index contributed by atoms with van der Waals surface area (Å²) in [6.45, 7) is -0.197. The van der Waals surface area contributed by atoms with Gasteiger partial charge in [-0.05, 0) is 35.9 Å². The number of benzene rings is 2. The van der Waals surface area contributed by atoms with E-state index in [1.54, 1.807) is 56.6 Å². The van der Waals surface area contributed by atoms with E-state index in [1.807, 2.05) is 0 Å². The van der Waals surface area contributed by atoms with Crippen LogP contribution in [0.25, 0.3) is 6.08 Å². The Kier molecular flexibility index (Phi) is 8.89. The van der Waals surface area contributed by atoms with E-state index < -0.39 is 5.91 Å². The van der Waals surface area contributed by atoms with E-state index in [2.05, 4.69) is 26.6 Å². The Labute approximate surface area is 193 Å². The zero-order chi connectivity index (χ0) is 22.3. The molecular formula is C21H20BrCl2N3O3. The molecule has 0 spiro atoms. The number of rotatable bonds is 7. The van der Waals surface area contributed by atoms with Gasteiger partial charge in [0.05, 0.1) is 17.3 Å². The Morgan fingerprint density at radius 1 is 1.10 bits per heavy atom. The minimum absolute atomic E-state index is 0.185. The van der Waals surface area contributed by atoms with Crippen molar-refractivity contribution in [3.63, 3.8) is 0 Å². The molecule has 30 heavy (non-hydrogen) atoms. The van der Waals surface area contributed by atoms with Gasteiger partial charge in [0.1, 0.15) is 0 Å². The molecule has 2 aromatic rings. The Morgan fingerprint density at radius 2 is 1.77 bits per heavy atom. The van der Waals surface area contributed by atoms with Crippen molar-refractivity contribution in [3.8, 4) is 0 Å². The van der Waals surface area contributed by atoms with Crippen LogP contribution < -0.4 is 15.5 Å². The van der Waals surface area contributed by atoms with Gasteiger partial charge in [0.2, 0.25) is 11.8 Å². The summed E-state index contributed by atoms with van der Waals surface area (Å²) in [6.07, 6.45) is 2.91. The van der Waals surface area contributed by atoms with Crippen molar-refractivity contribution < 1.29 is 14.4 Å². The zero-order valence-corrected chi connectivity index (χ0v) is 19.4. The van der Waals surface area contributed by atoms with Crippen LogP contribution in [0.2, 0.25) is 10.0 Å². The number of anilines is 1. The molecule has 0 heterocycles. The lowest BCUT2D eigenvalue weighted by Crippen LogP contribution is -2.37. The molecule has 0 radical (unpaired) electrons. The van der Waals surface area contributed by atoms with E-state index in [-0.39, 0.29) is 18.4 Å². The quantitative estimate of drug-likeness (QED) is 0.434. The molecule has 0 saturated heterocycles. The normalized spacial score (nSPS) is 10.7. The first-order valence-electron chi connectivity index (χ1n) is 8.86. The first-order valence-corrected chi connectivity index (χ1v) is 10.7. The second-order valence-corrected chi connectivity index (χ2v) is 7.54. The van der Waals surface area contributed by atoms with Gasteiger partial charge in [0, 0.05) is 41.7 Å². The molecule has 0 saturated carbocycles. The summed E-state index contributed by atoms with van der Waals surface area (Å²) in [4.78, 5) is 37.4. The molecule has 0 bridgehead atoms. The number of halogens is 3. The molecule has 2 rings (SSSR count). The fourth-order valence-electron chi connectivity index (χ4n) is 2.50. The average molecular weight is 513 g/mol. The van der Waals surface area contributed by atoms with Crippen LogP contribution in [0, 0.1) is 0 Å². The van der Waals surface area contributed by atoms with Crippen molar-refractivity contribution in [2.45, 2.75) is 5.33 Å². The molecule has 0 aliphatic heterocycles. The molecule has 0 atom stereocenters. The molecule has 3 amide bonds. The van der Waals surface area contributed by atoms with Crippen LogP contribution in [0.4, 0.5) is 5.69 Å². The number of likely N-dealkylation sites (N-methyl/N-ethyl adjacent to an activating group) is 1. The summed E-state index contributed by atoms with van der Waals surface area (Å²) < 4.78 is 0. The van der Waals surface area contributed by atoms with Gasteiger partial charge in [-0.3, -0.25) is 14.4 Å². The topological polar surface area (TPSA) is 78.5 Å². The SMILES string of the molecule is CNC(=O)c1ccc(/C=C/C(=O)NCC(=O)N(C)c2ccc(Cl)c(CBr)c2Cl)cc1. The van der Waals surface area contributed by atoms with Gasteiger partial charge in [-0.15, -0.1) is 0 Å². The Balaban J connectivity index is 1.95. The molecule has 2 aromatic carbocycles. The van der Waals surface area contributed by atoms with E-state index in [1.165, 1.54) is 11.0 Å². The van der Waals surface area contributed by atoms with E-state index in [9.17, 15) is 14.4 Å². The summed E-state index contributed by atoms with van der Waals surface area (Å²) in [5, 5.41) is 6.41. The first-order chi connectivity index (χ1) is 14.3. The monoisotopic (exact) mass is 511 g/mol. The van der Waals surface area contributed by atoms with Crippen LogP contribution in [0.1, 0.15) is 21.5 Å². The molecule has 158 valence electrons. The fourth-order valence-corrected chi connectivity index (χ4v) is 4.04. The van der Waals surface area contributed by atoms with E-state index in [0.29, 0.717) is 32.2 Å². The predicted molar refractivity (Wildman–Crippen MR) is 124 cm³/mol. The van der Waals surface area contributed by atoms with Gasteiger partial charge >= 0.3 is 0 Å². The second-order valence-electron chi connectivity index (χ2n) is 6.20. The Bertz CT molecular complexity index is 978. The molecule has 0 fully saturated rings. The maximum atomic E-state index is 12.4. The lowest BCUT2D eigenvalue weighted by atomic mass is 10.1. The number of carbonyl (C=O) groups excluding carboxylic acids is 3. The first kappa shape index (κ1) is 23.9. The van der Waals surface area contributed by atoms with Crippen LogP contribution >= 0.6 is 39.1 Å². The van der Waals surface area contributed by atoms with E-state index in [0.717, 1.165) is 5.56 Å². The number of hydrogen-bond donors (Lipinski definition) is 2. The lowest BCUT2D eigenvalue weighted by molar-refractivity contribution is -0.122. The number of carbonyl (C=O) groups is 3. The van der Waals surface area contributed by atoms with Gasteiger partial charge in [0.15, 0.2) is 0 Å². The lowest BCUT2D eigenvalue weighted by Gasteiger charge is -2.20. The van der Waals surface area contributed by atoms with Gasteiger partial charge in [-0.2, -0.15) is 0 Å². The standard InChI is InChI=1S/C21H20BrCl2N3O3/c1-25-21(30)14-6-3-13(4-7-14)5-10-18(28)26-12-19(29)27(2)17-9-8-16(23)15(11-22)20(17)24/h3-10H,11-12H2,1-2H3,(H,25,30)(H,26,28)/b10-5+. The smallest absolute Gasteiger partial charge is 0.251 e. The van der Waals surface area contributed by atoms with Crippen LogP contribution in [0.5, 0.6) is 0 Å². The predicted octanol–water partition coefficient (Wildman–Crippen LogP) is 4.04. The van der Waals surface area contributed by atoms with Crippen LogP contribution in [-0.4, -0.2) is 38.4 Å². The van der Waals surface area contributed by atoms with Gasteiger partial charge in [-0.25, -0.2) is 0 Å². The number of nitrogens with zero attached hydrogens (tertiary/aromatic N) is 1. The number of alkyl halides is 1. The molecular weight excluding hydrogens is 493 g/mol. The Morgan fingerprint density at radius 3 is 2.37 bits per heavy atom. The maximum Gasteiger partial charge on any atom is 0.251 e. The van der Waals surface area contributed by atoms with Crippen LogP contribution in [0.3, 0.4) is 0 Å². The molecule has 0 aliphatic carbocycles.